The second-order valence-corrected chi connectivity index (χ2v) is 10.6. The summed E-state index contributed by atoms with van der Waals surface area (Å²) < 4.78 is 56.9. The Kier molecular flexibility index (Phi) is 5.69. The minimum atomic E-state index is -4.05. The third-order valence-electron chi connectivity index (χ3n) is 4.42. The summed E-state index contributed by atoms with van der Waals surface area (Å²) in [7, 11) is -5.99. The van der Waals surface area contributed by atoms with Gasteiger partial charge in [-0.1, -0.05) is 6.92 Å². The summed E-state index contributed by atoms with van der Waals surface area (Å²) in [6, 6.07) is 4.32. The number of nitrogens with zero attached hydrogens (tertiary/aromatic N) is 1. The van der Waals surface area contributed by atoms with Crippen LogP contribution in [0.25, 0.3) is 0 Å². The molecule has 2 rings (SSSR count). The summed E-state index contributed by atoms with van der Waals surface area (Å²) in [5.41, 5.74) is -0.710. The third-order valence-corrected chi connectivity index (χ3v) is 8.47. The largest absolute Gasteiger partial charge is 0.495 e. The highest BCUT2D eigenvalue weighted by Gasteiger charge is 2.47. The Labute approximate surface area is 154 Å². The summed E-state index contributed by atoms with van der Waals surface area (Å²) in [6.07, 6.45) is 0.232. The zero-order valence-electron chi connectivity index (χ0n) is 15.3. The van der Waals surface area contributed by atoms with Crippen LogP contribution in [0.1, 0.15) is 27.2 Å². The molecule has 1 aromatic rings. The van der Waals surface area contributed by atoms with E-state index in [4.69, 9.17) is 4.74 Å². The maximum atomic E-state index is 13.3. The molecule has 0 radical (unpaired) electrons. The van der Waals surface area contributed by atoms with Gasteiger partial charge in [0, 0.05) is 24.7 Å². The number of carbonyl (C=O) groups excluding carboxylic acids is 1. The number of methoxy groups -OCH3 is 1. The number of sulfone groups is 1. The molecule has 26 heavy (non-hydrogen) atoms. The Morgan fingerprint density at radius 2 is 2.04 bits per heavy atom. The number of hydrogen-bond donors (Lipinski definition) is 1. The van der Waals surface area contributed by atoms with Gasteiger partial charge >= 0.3 is 0 Å². The number of amides is 1. The average molecular weight is 405 g/mol. The molecule has 1 aromatic carbocycles. The summed E-state index contributed by atoms with van der Waals surface area (Å²) in [6.45, 7) is 4.74. The molecule has 0 saturated carbocycles. The van der Waals surface area contributed by atoms with Gasteiger partial charge in [0.15, 0.2) is 9.84 Å². The Hall–Kier alpha value is -1.65. The fraction of sp³-hybridized carbons (Fsp3) is 0.562. The lowest BCUT2D eigenvalue weighted by Gasteiger charge is -2.36. The first-order valence-corrected chi connectivity index (χ1v) is 11.4. The first-order valence-electron chi connectivity index (χ1n) is 8.14. The molecule has 146 valence electrons. The maximum absolute atomic E-state index is 13.3. The normalized spacial score (nSPS) is 22.3. The van der Waals surface area contributed by atoms with Gasteiger partial charge in [0.2, 0.25) is 15.9 Å². The van der Waals surface area contributed by atoms with Gasteiger partial charge in [-0.25, -0.2) is 16.8 Å². The molecule has 0 aliphatic carbocycles. The van der Waals surface area contributed by atoms with E-state index < -0.39 is 25.4 Å². The van der Waals surface area contributed by atoms with Crippen molar-refractivity contribution in [3.63, 3.8) is 0 Å². The monoisotopic (exact) mass is 404 g/mol. The van der Waals surface area contributed by atoms with E-state index in [1.807, 2.05) is 0 Å². The van der Waals surface area contributed by atoms with E-state index >= 15 is 0 Å². The van der Waals surface area contributed by atoms with Crippen molar-refractivity contribution in [3.05, 3.63) is 18.2 Å². The average Bonchev–Trinajstić information content (AvgIpc) is 2.81. The number of rotatable bonds is 6. The van der Waals surface area contributed by atoms with Gasteiger partial charge in [-0.2, -0.15) is 4.31 Å². The van der Waals surface area contributed by atoms with E-state index in [-0.39, 0.29) is 41.0 Å². The summed E-state index contributed by atoms with van der Waals surface area (Å²) in [5.74, 6) is -0.471. The topological polar surface area (TPSA) is 110 Å². The third kappa shape index (κ3) is 4.02. The van der Waals surface area contributed by atoms with Crippen molar-refractivity contribution in [2.45, 2.75) is 37.6 Å². The highest BCUT2D eigenvalue weighted by Crippen LogP contribution is 2.37. The number of nitrogens with one attached hydrogen (secondary N) is 1. The lowest BCUT2D eigenvalue weighted by molar-refractivity contribution is -0.114. The maximum Gasteiger partial charge on any atom is 0.247 e. The number of ether oxygens (including phenoxy) is 1. The van der Waals surface area contributed by atoms with E-state index in [0.29, 0.717) is 5.69 Å². The van der Waals surface area contributed by atoms with Crippen molar-refractivity contribution < 1.29 is 26.4 Å². The van der Waals surface area contributed by atoms with Crippen LogP contribution in [0.4, 0.5) is 5.69 Å². The van der Waals surface area contributed by atoms with Crippen LogP contribution in [-0.2, 0) is 24.7 Å². The zero-order valence-corrected chi connectivity index (χ0v) is 16.9. The summed E-state index contributed by atoms with van der Waals surface area (Å²) in [5, 5.41) is 2.54. The second-order valence-electron chi connectivity index (χ2n) is 6.56. The van der Waals surface area contributed by atoms with Crippen molar-refractivity contribution >= 4 is 31.5 Å². The SMILES string of the molecule is CCN([C@@]1(C)CCS(=O)(=O)C1)S(=O)(=O)c1cc(NC(C)=O)ccc1OC. The van der Waals surface area contributed by atoms with Crippen molar-refractivity contribution in [2.75, 3.05) is 30.5 Å². The number of anilines is 1. The minimum absolute atomic E-state index is 0.0431. The van der Waals surface area contributed by atoms with Crippen LogP contribution in [0.15, 0.2) is 23.1 Å². The standard InChI is InChI=1S/C16H24N2O6S2/c1-5-18(16(3)8-9-25(20,21)11-16)26(22,23)15-10-13(17-12(2)19)6-7-14(15)24-4/h6-7,10H,5,8-9,11H2,1-4H3,(H,17,19)/t16-/m0/s1. The molecule has 1 atom stereocenters. The molecule has 0 spiro atoms. The fourth-order valence-corrected chi connectivity index (χ4v) is 7.53. The van der Waals surface area contributed by atoms with E-state index in [1.54, 1.807) is 13.8 Å². The number of benzene rings is 1. The van der Waals surface area contributed by atoms with E-state index in [1.165, 1.54) is 36.5 Å². The predicted octanol–water partition coefficient (Wildman–Crippen LogP) is 1.24. The van der Waals surface area contributed by atoms with Gasteiger partial charge in [-0.05, 0) is 31.5 Å². The van der Waals surface area contributed by atoms with Gasteiger partial charge in [0.05, 0.1) is 18.6 Å². The Morgan fingerprint density at radius 3 is 2.50 bits per heavy atom. The van der Waals surface area contributed by atoms with Gasteiger partial charge in [0.1, 0.15) is 10.6 Å². The van der Waals surface area contributed by atoms with E-state index in [9.17, 15) is 21.6 Å². The molecular weight excluding hydrogens is 380 g/mol. The number of sulfonamides is 1. The van der Waals surface area contributed by atoms with Crippen LogP contribution >= 0.6 is 0 Å². The van der Waals surface area contributed by atoms with Gasteiger partial charge < -0.3 is 10.1 Å². The number of hydrogen-bond acceptors (Lipinski definition) is 6. The summed E-state index contributed by atoms with van der Waals surface area (Å²) >= 11 is 0. The molecule has 0 unspecified atom stereocenters. The first kappa shape index (κ1) is 20.7. The molecule has 10 heteroatoms. The minimum Gasteiger partial charge on any atom is -0.495 e. The lowest BCUT2D eigenvalue weighted by atomic mass is 10.0. The molecular formula is C16H24N2O6S2. The summed E-state index contributed by atoms with van der Waals surface area (Å²) in [4.78, 5) is 11.2. The molecule has 8 nitrogen and oxygen atoms in total. The van der Waals surface area contributed by atoms with Crippen molar-refractivity contribution in [3.8, 4) is 5.75 Å². The Morgan fingerprint density at radius 1 is 1.38 bits per heavy atom. The van der Waals surface area contributed by atoms with Gasteiger partial charge in [-0.15, -0.1) is 0 Å². The van der Waals surface area contributed by atoms with Crippen LogP contribution in [0.3, 0.4) is 0 Å². The van der Waals surface area contributed by atoms with Crippen molar-refractivity contribution in [1.29, 1.82) is 0 Å². The Balaban J connectivity index is 2.55. The quantitative estimate of drug-likeness (QED) is 0.764. The van der Waals surface area contributed by atoms with Crippen LogP contribution < -0.4 is 10.1 Å². The van der Waals surface area contributed by atoms with E-state index in [0.717, 1.165) is 0 Å². The molecule has 1 saturated heterocycles. The van der Waals surface area contributed by atoms with Crippen LogP contribution in [0, 0.1) is 0 Å². The van der Waals surface area contributed by atoms with Crippen LogP contribution in [-0.4, -0.2) is 57.7 Å². The van der Waals surface area contributed by atoms with Crippen LogP contribution in [0.2, 0.25) is 0 Å². The second kappa shape index (κ2) is 7.16. The molecule has 1 heterocycles. The molecule has 1 fully saturated rings. The molecule has 1 N–H and O–H groups in total. The Bertz CT molecular complexity index is 911. The zero-order chi connectivity index (χ0) is 19.8. The molecule has 0 aromatic heterocycles. The number of carbonyl (C=O) groups is 1. The molecule has 1 aliphatic heterocycles. The van der Waals surface area contributed by atoms with Crippen molar-refractivity contribution in [2.24, 2.45) is 0 Å². The lowest BCUT2D eigenvalue weighted by Crippen LogP contribution is -2.50. The molecule has 0 bridgehead atoms. The predicted molar refractivity (Wildman–Crippen MR) is 98.5 cm³/mol. The van der Waals surface area contributed by atoms with E-state index in [2.05, 4.69) is 5.32 Å². The van der Waals surface area contributed by atoms with Crippen LogP contribution in [0.5, 0.6) is 5.75 Å². The first-order chi connectivity index (χ1) is 11.9. The smallest absolute Gasteiger partial charge is 0.247 e. The highest BCUT2D eigenvalue weighted by molar-refractivity contribution is 7.92. The molecule has 1 amide bonds. The van der Waals surface area contributed by atoms with Crippen molar-refractivity contribution in [1.82, 2.24) is 4.31 Å². The molecule has 1 aliphatic rings. The van der Waals surface area contributed by atoms with Gasteiger partial charge in [0.25, 0.3) is 0 Å². The fourth-order valence-electron chi connectivity index (χ4n) is 3.31. The highest BCUT2D eigenvalue weighted by atomic mass is 32.2. The van der Waals surface area contributed by atoms with Gasteiger partial charge in [-0.3, -0.25) is 4.79 Å².